The normalized spacial score (nSPS) is 30.0. The minimum atomic E-state index is -0.854. The Morgan fingerprint density at radius 3 is 2.95 bits per heavy atom. The third-order valence-corrected chi connectivity index (χ3v) is 4.66. The van der Waals surface area contributed by atoms with Gasteiger partial charge in [-0.3, -0.25) is 4.79 Å². The zero-order valence-corrected chi connectivity index (χ0v) is 13.1. The number of carbonyl (C=O) groups is 1. The third-order valence-electron chi connectivity index (χ3n) is 4.27. The number of para-hydroxylation sites is 1. The molecule has 21 heavy (non-hydrogen) atoms. The van der Waals surface area contributed by atoms with Crippen LogP contribution in [0.3, 0.4) is 0 Å². The molecule has 1 saturated heterocycles. The minimum Gasteiger partial charge on any atom is -0.467 e. The molecule has 0 radical (unpaired) electrons. The first kappa shape index (κ1) is 14.1. The molecule has 112 valence electrons. The van der Waals surface area contributed by atoms with Gasteiger partial charge >= 0.3 is 5.97 Å². The van der Waals surface area contributed by atoms with Gasteiger partial charge in [-0.15, -0.1) is 0 Å². The molecule has 1 aromatic rings. The van der Waals surface area contributed by atoms with E-state index in [4.69, 9.17) is 21.7 Å². The maximum absolute atomic E-state index is 12.5. The number of rotatable bonds is 2. The molecule has 2 aliphatic rings. The van der Waals surface area contributed by atoms with E-state index in [0.29, 0.717) is 11.7 Å². The first-order chi connectivity index (χ1) is 9.99. The largest absolute Gasteiger partial charge is 0.467 e. The van der Waals surface area contributed by atoms with Crippen LogP contribution in [0.5, 0.6) is 5.75 Å². The summed E-state index contributed by atoms with van der Waals surface area (Å²) in [4.78, 5) is 14.3. The number of ether oxygens (including phenoxy) is 2. The van der Waals surface area contributed by atoms with E-state index >= 15 is 0 Å². The number of benzene rings is 1. The summed E-state index contributed by atoms with van der Waals surface area (Å²) in [6, 6.07) is 7.47. The first-order valence-corrected chi connectivity index (χ1v) is 7.38. The Morgan fingerprint density at radius 2 is 2.24 bits per heavy atom. The van der Waals surface area contributed by atoms with Crippen molar-refractivity contribution >= 4 is 23.3 Å². The summed E-state index contributed by atoms with van der Waals surface area (Å²) in [6.45, 7) is 4.02. The number of esters is 1. The summed E-state index contributed by atoms with van der Waals surface area (Å²) in [7, 11) is 1.83. The first-order valence-electron chi connectivity index (χ1n) is 6.98. The van der Waals surface area contributed by atoms with Crippen LogP contribution in [0.15, 0.2) is 24.3 Å². The summed E-state index contributed by atoms with van der Waals surface area (Å²) < 4.78 is 11.4. The lowest BCUT2D eigenvalue weighted by Crippen LogP contribution is -2.70. The fraction of sp³-hybridized carbons (Fsp3) is 0.467. The van der Waals surface area contributed by atoms with Crippen molar-refractivity contribution in [1.82, 2.24) is 10.2 Å². The topological polar surface area (TPSA) is 50.8 Å². The Labute approximate surface area is 129 Å². The van der Waals surface area contributed by atoms with Crippen LogP contribution < -0.4 is 10.1 Å². The summed E-state index contributed by atoms with van der Waals surface area (Å²) in [6.07, 6.45) is 0. The predicted molar refractivity (Wildman–Crippen MR) is 81.8 cm³/mol. The van der Waals surface area contributed by atoms with Gasteiger partial charge in [-0.1, -0.05) is 18.2 Å². The molecule has 0 aliphatic carbocycles. The van der Waals surface area contributed by atoms with Crippen molar-refractivity contribution in [1.29, 1.82) is 0 Å². The van der Waals surface area contributed by atoms with Crippen LogP contribution >= 0.6 is 12.2 Å². The average molecular weight is 306 g/mol. The number of fused-ring (bicyclic) bond motifs is 4. The van der Waals surface area contributed by atoms with Crippen LogP contribution in [-0.4, -0.2) is 35.4 Å². The van der Waals surface area contributed by atoms with Gasteiger partial charge in [0.25, 0.3) is 0 Å². The molecule has 0 amide bonds. The lowest BCUT2D eigenvalue weighted by atomic mass is 9.80. The molecule has 0 saturated carbocycles. The van der Waals surface area contributed by atoms with E-state index < -0.39 is 11.6 Å². The number of nitrogens with zero attached hydrogens (tertiary/aromatic N) is 1. The molecule has 5 nitrogen and oxygen atoms in total. The van der Waals surface area contributed by atoms with Crippen molar-refractivity contribution in [2.24, 2.45) is 5.92 Å². The fourth-order valence-electron chi connectivity index (χ4n) is 3.06. The second kappa shape index (κ2) is 4.87. The minimum absolute atomic E-state index is 0.234. The lowest BCUT2D eigenvalue weighted by molar-refractivity contribution is -0.173. The number of thiocarbonyl (C=S) groups is 1. The van der Waals surface area contributed by atoms with E-state index in [2.05, 4.69) is 5.32 Å². The van der Waals surface area contributed by atoms with E-state index in [1.54, 1.807) is 11.8 Å². The van der Waals surface area contributed by atoms with Gasteiger partial charge in [0.05, 0.1) is 12.6 Å². The Balaban J connectivity index is 2.13. The Bertz CT molecular complexity index is 606. The molecule has 6 heteroatoms. The van der Waals surface area contributed by atoms with E-state index in [1.165, 1.54) is 0 Å². The second-order valence-corrected chi connectivity index (χ2v) is 5.80. The summed E-state index contributed by atoms with van der Waals surface area (Å²) in [5, 5.41) is 3.81. The highest BCUT2D eigenvalue weighted by Crippen LogP contribution is 2.47. The highest BCUT2D eigenvalue weighted by molar-refractivity contribution is 7.80. The van der Waals surface area contributed by atoms with Crippen molar-refractivity contribution in [2.45, 2.75) is 25.6 Å². The molecule has 1 N–H and O–H groups in total. The quantitative estimate of drug-likeness (QED) is 0.664. The molecule has 0 aromatic heterocycles. The zero-order valence-electron chi connectivity index (χ0n) is 12.3. The maximum Gasteiger partial charge on any atom is 0.317 e. The molecule has 3 atom stereocenters. The van der Waals surface area contributed by atoms with Gasteiger partial charge in [0.2, 0.25) is 0 Å². The molecule has 1 fully saturated rings. The molecule has 0 spiro atoms. The Hall–Kier alpha value is -1.82. The molecule has 2 aliphatic heterocycles. The van der Waals surface area contributed by atoms with Gasteiger partial charge in [0.15, 0.2) is 10.8 Å². The number of hydrogen-bond donors (Lipinski definition) is 1. The van der Waals surface area contributed by atoms with Gasteiger partial charge in [-0.2, -0.15) is 0 Å². The number of hydrogen-bond acceptors (Lipinski definition) is 4. The molecular formula is C15H18N2O3S. The van der Waals surface area contributed by atoms with E-state index in [1.807, 2.05) is 38.2 Å². The Kier molecular flexibility index (Phi) is 3.28. The van der Waals surface area contributed by atoms with Gasteiger partial charge < -0.3 is 19.7 Å². The number of nitrogens with one attached hydrogen (secondary N) is 1. The van der Waals surface area contributed by atoms with Crippen LogP contribution in [0.4, 0.5) is 0 Å². The van der Waals surface area contributed by atoms with Crippen molar-refractivity contribution in [3.05, 3.63) is 29.8 Å². The van der Waals surface area contributed by atoms with Crippen LogP contribution in [0.1, 0.15) is 25.5 Å². The van der Waals surface area contributed by atoms with Crippen molar-refractivity contribution in [2.75, 3.05) is 13.7 Å². The van der Waals surface area contributed by atoms with Crippen LogP contribution in [-0.2, 0) is 9.53 Å². The van der Waals surface area contributed by atoms with Gasteiger partial charge in [-0.05, 0) is 32.1 Å². The SMILES string of the molecule is CCOC(=O)[C@H]1[C@H]2NC(=S)N(C)[C@]1(C)Oc1ccccc12. The summed E-state index contributed by atoms with van der Waals surface area (Å²) >= 11 is 5.37. The monoisotopic (exact) mass is 306 g/mol. The highest BCUT2D eigenvalue weighted by atomic mass is 32.1. The van der Waals surface area contributed by atoms with E-state index in [-0.39, 0.29) is 12.0 Å². The van der Waals surface area contributed by atoms with Crippen molar-refractivity contribution in [3.63, 3.8) is 0 Å². The molecule has 2 heterocycles. The lowest BCUT2D eigenvalue weighted by Gasteiger charge is -2.54. The van der Waals surface area contributed by atoms with Crippen LogP contribution in [0.25, 0.3) is 0 Å². The van der Waals surface area contributed by atoms with E-state index in [9.17, 15) is 4.79 Å². The van der Waals surface area contributed by atoms with Gasteiger partial charge in [-0.25, -0.2) is 0 Å². The second-order valence-electron chi connectivity index (χ2n) is 5.41. The maximum atomic E-state index is 12.5. The Morgan fingerprint density at radius 1 is 1.52 bits per heavy atom. The molecule has 0 unspecified atom stereocenters. The highest BCUT2D eigenvalue weighted by Gasteiger charge is 2.58. The smallest absolute Gasteiger partial charge is 0.317 e. The number of carbonyl (C=O) groups excluding carboxylic acids is 1. The average Bonchev–Trinajstić information content (AvgIpc) is 2.45. The third kappa shape index (κ3) is 1.97. The zero-order chi connectivity index (χ0) is 15.2. The molecule has 2 bridgehead atoms. The van der Waals surface area contributed by atoms with Crippen LogP contribution in [0.2, 0.25) is 0 Å². The van der Waals surface area contributed by atoms with Gasteiger partial charge in [0, 0.05) is 12.6 Å². The van der Waals surface area contributed by atoms with Crippen molar-refractivity contribution < 1.29 is 14.3 Å². The van der Waals surface area contributed by atoms with E-state index in [0.717, 1.165) is 11.3 Å². The van der Waals surface area contributed by atoms with Gasteiger partial charge in [0.1, 0.15) is 11.7 Å². The summed E-state index contributed by atoms with van der Waals surface area (Å²) in [5.41, 5.74) is 0.0802. The molecular weight excluding hydrogens is 288 g/mol. The van der Waals surface area contributed by atoms with Crippen LogP contribution in [0, 0.1) is 5.92 Å². The molecule has 1 aromatic carbocycles. The van der Waals surface area contributed by atoms with Crippen molar-refractivity contribution in [3.8, 4) is 5.75 Å². The predicted octanol–water partition coefficient (Wildman–Crippen LogP) is 1.84. The molecule has 3 rings (SSSR count). The summed E-state index contributed by atoms with van der Waals surface area (Å²) in [5.74, 6) is 0.0119. The standard InChI is InChI=1S/C15H18N2O3S/c1-4-19-13(18)11-12-9-7-5-6-8-10(9)20-15(11,2)17(3)14(21)16-12/h5-8,11-12H,4H2,1-3H3,(H,16,21)/t11-,12+,15-/m1/s1. The fourth-order valence-corrected chi connectivity index (χ4v) is 3.37.